The van der Waals surface area contributed by atoms with E-state index in [0.29, 0.717) is 6.42 Å². The van der Waals surface area contributed by atoms with Gasteiger partial charge in [-0.3, -0.25) is 4.79 Å². The van der Waals surface area contributed by atoms with E-state index in [4.69, 9.17) is 0 Å². The van der Waals surface area contributed by atoms with E-state index >= 15 is 0 Å². The Bertz CT molecular complexity index is 107. The number of hydrogen-bond donors (Lipinski definition) is 0. The molecule has 0 atom stereocenters. The standard InChI is InChI=1S/C7H11OS/c1-2-3-4-5-6-7(8)9/h2-3H,4-6H2,1H3. The molecule has 0 aliphatic carbocycles. The van der Waals surface area contributed by atoms with E-state index in [0.717, 1.165) is 12.8 Å². The Hall–Kier alpha value is -0.370. The Morgan fingerprint density at radius 3 is 2.78 bits per heavy atom. The predicted molar refractivity (Wildman–Crippen MR) is 41.3 cm³/mol. The Morgan fingerprint density at radius 1 is 1.67 bits per heavy atom. The Labute approximate surface area is 61.6 Å². The quantitative estimate of drug-likeness (QED) is 0.436. The third kappa shape index (κ3) is 7.63. The van der Waals surface area contributed by atoms with Crippen molar-refractivity contribution in [3.63, 3.8) is 0 Å². The average Bonchev–Trinajstić information content (AvgIpc) is 1.80. The minimum atomic E-state index is -0.125. The molecule has 51 valence electrons. The Morgan fingerprint density at radius 2 is 2.33 bits per heavy atom. The van der Waals surface area contributed by atoms with Crippen LogP contribution in [0.3, 0.4) is 0 Å². The summed E-state index contributed by atoms with van der Waals surface area (Å²) in [7, 11) is 0. The highest BCUT2D eigenvalue weighted by molar-refractivity contribution is 7.96. The van der Waals surface area contributed by atoms with Gasteiger partial charge >= 0.3 is 0 Å². The van der Waals surface area contributed by atoms with Crippen LogP contribution >= 0.6 is 12.6 Å². The van der Waals surface area contributed by atoms with E-state index in [2.05, 4.69) is 12.6 Å². The fourth-order valence-corrected chi connectivity index (χ4v) is 0.675. The molecule has 0 amide bonds. The Balaban J connectivity index is 3.01. The van der Waals surface area contributed by atoms with Gasteiger partial charge < -0.3 is 0 Å². The lowest BCUT2D eigenvalue weighted by atomic mass is 10.2. The zero-order valence-electron chi connectivity index (χ0n) is 5.59. The van der Waals surface area contributed by atoms with Gasteiger partial charge in [0.1, 0.15) is 0 Å². The predicted octanol–water partition coefficient (Wildman–Crippen LogP) is 2.46. The lowest BCUT2D eigenvalue weighted by molar-refractivity contribution is -0.110. The monoisotopic (exact) mass is 143 g/mol. The van der Waals surface area contributed by atoms with Crippen LogP contribution in [0.25, 0.3) is 0 Å². The molecule has 0 aliphatic heterocycles. The van der Waals surface area contributed by atoms with Gasteiger partial charge in [-0.2, -0.15) is 0 Å². The van der Waals surface area contributed by atoms with Gasteiger partial charge in [-0.1, -0.05) is 12.2 Å². The number of allylic oxidation sites excluding steroid dienone is 2. The first kappa shape index (κ1) is 8.63. The van der Waals surface area contributed by atoms with Crippen molar-refractivity contribution in [3.8, 4) is 0 Å². The summed E-state index contributed by atoms with van der Waals surface area (Å²) in [5, 5.41) is -0.125. The van der Waals surface area contributed by atoms with Crippen LogP contribution in [-0.2, 0) is 4.79 Å². The van der Waals surface area contributed by atoms with E-state index in [1.54, 1.807) is 0 Å². The van der Waals surface area contributed by atoms with E-state index in [1.807, 2.05) is 19.1 Å². The van der Waals surface area contributed by atoms with Crippen molar-refractivity contribution in [1.82, 2.24) is 0 Å². The summed E-state index contributed by atoms with van der Waals surface area (Å²) in [6, 6.07) is 0. The molecule has 0 saturated heterocycles. The molecule has 0 aliphatic rings. The second-order valence-electron chi connectivity index (χ2n) is 1.83. The van der Waals surface area contributed by atoms with Crippen LogP contribution in [0.5, 0.6) is 0 Å². The molecule has 0 aromatic carbocycles. The molecule has 0 heterocycles. The van der Waals surface area contributed by atoms with E-state index in [9.17, 15) is 4.79 Å². The van der Waals surface area contributed by atoms with Gasteiger partial charge in [0.2, 0.25) is 5.12 Å². The molecular formula is C7H11OS. The molecule has 9 heavy (non-hydrogen) atoms. The molecule has 2 heteroatoms. The maximum atomic E-state index is 10.2. The fraction of sp³-hybridized carbons (Fsp3) is 0.571. The molecule has 1 radical (unpaired) electrons. The molecule has 0 unspecified atom stereocenters. The van der Waals surface area contributed by atoms with Gasteiger partial charge in [0, 0.05) is 6.42 Å². The van der Waals surface area contributed by atoms with Crippen LogP contribution in [-0.4, -0.2) is 5.12 Å². The number of unbranched alkanes of at least 4 members (excludes halogenated alkanes) is 1. The molecule has 0 N–H and O–H groups in total. The normalized spacial score (nSPS) is 10.3. The molecule has 0 aromatic heterocycles. The van der Waals surface area contributed by atoms with Gasteiger partial charge in [0.25, 0.3) is 0 Å². The van der Waals surface area contributed by atoms with Gasteiger partial charge in [0.15, 0.2) is 0 Å². The zero-order valence-corrected chi connectivity index (χ0v) is 6.41. The van der Waals surface area contributed by atoms with Crippen LogP contribution in [0.1, 0.15) is 26.2 Å². The van der Waals surface area contributed by atoms with E-state index in [1.165, 1.54) is 0 Å². The minimum absolute atomic E-state index is 0.125. The summed E-state index contributed by atoms with van der Waals surface area (Å²) in [4.78, 5) is 10.2. The summed E-state index contributed by atoms with van der Waals surface area (Å²) < 4.78 is 0. The molecule has 0 aromatic rings. The first-order valence-corrected chi connectivity index (χ1v) is 3.49. The Kier molecular flexibility index (Phi) is 5.52. The third-order valence-corrected chi connectivity index (χ3v) is 1.19. The highest BCUT2D eigenvalue weighted by Crippen LogP contribution is 1.98. The lowest BCUT2D eigenvalue weighted by Gasteiger charge is -1.87. The van der Waals surface area contributed by atoms with Crippen molar-refractivity contribution in [2.24, 2.45) is 0 Å². The first-order chi connectivity index (χ1) is 4.27. The fourth-order valence-electron chi connectivity index (χ4n) is 0.531. The van der Waals surface area contributed by atoms with Crippen LogP contribution in [0.15, 0.2) is 12.2 Å². The molecule has 1 nitrogen and oxygen atoms in total. The molecule has 0 bridgehead atoms. The largest absolute Gasteiger partial charge is 0.282 e. The van der Waals surface area contributed by atoms with Gasteiger partial charge in [-0.25, -0.2) is 0 Å². The summed E-state index contributed by atoms with van der Waals surface area (Å²) in [6.45, 7) is 1.97. The van der Waals surface area contributed by atoms with Gasteiger partial charge in [-0.05, 0) is 32.4 Å². The molecule has 0 spiro atoms. The molecular weight excluding hydrogens is 132 g/mol. The maximum Gasteiger partial charge on any atom is 0.218 e. The van der Waals surface area contributed by atoms with Gasteiger partial charge in [0.05, 0.1) is 0 Å². The van der Waals surface area contributed by atoms with Crippen LogP contribution in [0, 0.1) is 0 Å². The second kappa shape index (κ2) is 5.76. The maximum absolute atomic E-state index is 10.2. The molecule has 0 saturated carbocycles. The summed E-state index contributed by atoms with van der Waals surface area (Å²) in [6.07, 6.45) is 6.43. The summed E-state index contributed by atoms with van der Waals surface area (Å²) in [5.41, 5.74) is 0. The minimum Gasteiger partial charge on any atom is -0.282 e. The first-order valence-electron chi connectivity index (χ1n) is 3.08. The van der Waals surface area contributed by atoms with Crippen LogP contribution in [0.4, 0.5) is 0 Å². The smallest absolute Gasteiger partial charge is 0.218 e. The third-order valence-electron chi connectivity index (χ3n) is 0.987. The van der Waals surface area contributed by atoms with Crippen molar-refractivity contribution in [2.45, 2.75) is 26.2 Å². The summed E-state index contributed by atoms with van der Waals surface area (Å²) in [5.74, 6) is 0. The SMILES string of the molecule is CC=CCCCC(=O)[S]. The zero-order chi connectivity index (χ0) is 7.11. The highest BCUT2D eigenvalue weighted by Gasteiger charge is 1.91. The van der Waals surface area contributed by atoms with Crippen molar-refractivity contribution in [2.75, 3.05) is 0 Å². The van der Waals surface area contributed by atoms with Crippen LogP contribution < -0.4 is 0 Å². The molecule has 0 fully saturated rings. The van der Waals surface area contributed by atoms with Crippen LogP contribution in [0.2, 0.25) is 0 Å². The van der Waals surface area contributed by atoms with E-state index in [-0.39, 0.29) is 5.12 Å². The number of carbonyl (C=O) groups is 1. The van der Waals surface area contributed by atoms with Crippen molar-refractivity contribution >= 4 is 17.7 Å². The van der Waals surface area contributed by atoms with Gasteiger partial charge in [-0.15, -0.1) is 0 Å². The van der Waals surface area contributed by atoms with Crippen molar-refractivity contribution in [1.29, 1.82) is 0 Å². The average molecular weight is 143 g/mol. The second-order valence-corrected chi connectivity index (χ2v) is 2.29. The topological polar surface area (TPSA) is 17.1 Å². The summed E-state index contributed by atoms with van der Waals surface area (Å²) >= 11 is 4.37. The number of rotatable bonds is 4. The highest BCUT2D eigenvalue weighted by atomic mass is 32.1. The van der Waals surface area contributed by atoms with E-state index < -0.39 is 0 Å². The number of hydrogen-bond acceptors (Lipinski definition) is 1. The van der Waals surface area contributed by atoms with Crippen molar-refractivity contribution in [3.05, 3.63) is 12.2 Å². The molecule has 0 rings (SSSR count). The lowest BCUT2D eigenvalue weighted by Crippen LogP contribution is -1.83. The number of carbonyl (C=O) groups excluding carboxylic acids is 1. The van der Waals surface area contributed by atoms with Crippen molar-refractivity contribution < 1.29 is 4.79 Å².